The SMILES string of the molecule is CC(C)CNC(=O)c1csc(CN(CC(C)C)S(=O)(=O)c2ccccc2)n1. The van der Waals surface area contributed by atoms with Crippen molar-refractivity contribution in [2.75, 3.05) is 13.1 Å². The lowest BCUT2D eigenvalue weighted by atomic mass is 10.2. The van der Waals surface area contributed by atoms with Crippen molar-refractivity contribution in [2.45, 2.75) is 39.1 Å². The summed E-state index contributed by atoms with van der Waals surface area (Å²) in [5.41, 5.74) is 0.331. The quantitative estimate of drug-likeness (QED) is 0.689. The highest BCUT2D eigenvalue weighted by Gasteiger charge is 2.26. The molecule has 2 aromatic rings. The Morgan fingerprint density at radius 2 is 1.81 bits per heavy atom. The van der Waals surface area contributed by atoms with Crippen molar-refractivity contribution < 1.29 is 13.2 Å². The number of aromatic nitrogens is 1. The van der Waals surface area contributed by atoms with E-state index in [4.69, 9.17) is 0 Å². The molecule has 0 spiro atoms. The molecular formula is C19H27N3O3S2. The summed E-state index contributed by atoms with van der Waals surface area (Å²) >= 11 is 1.30. The van der Waals surface area contributed by atoms with Gasteiger partial charge in [0.05, 0.1) is 11.4 Å². The molecule has 1 aromatic carbocycles. The van der Waals surface area contributed by atoms with Crippen LogP contribution in [0.5, 0.6) is 0 Å². The number of rotatable bonds is 9. The van der Waals surface area contributed by atoms with E-state index < -0.39 is 10.0 Å². The molecular weight excluding hydrogens is 382 g/mol. The van der Waals surface area contributed by atoms with Crippen LogP contribution in [0.25, 0.3) is 0 Å². The predicted molar refractivity (Wildman–Crippen MR) is 108 cm³/mol. The second-order valence-corrected chi connectivity index (χ2v) is 10.1. The minimum Gasteiger partial charge on any atom is -0.350 e. The van der Waals surface area contributed by atoms with Gasteiger partial charge in [-0.1, -0.05) is 45.9 Å². The topological polar surface area (TPSA) is 79.4 Å². The first-order valence-corrected chi connectivity index (χ1v) is 11.3. The lowest BCUT2D eigenvalue weighted by molar-refractivity contribution is 0.0944. The van der Waals surface area contributed by atoms with Gasteiger partial charge in [-0.15, -0.1) is 11.3 Å². The van der Waals surface area contributed by atoms with Crippen molar-refractivity contribution in [1.82, 2.24) is 14.6 Å². The van der Waals surface area contributed by atoms with E-state index in [1.807, 2.05) is 27.7 Å². The van der Waals surface area contributed by atoms with E-state index in [9.17, 15) is 13.2 Å². The van der Waals surface area contributed by atoms with Crippen LogP contribution < -0.4 is 5.32 Å². The summed E-state index contributed by atoms with van der Waals surface area (Å²) in [6.45, 7) is 9.09. The fourth-order valence-electron chi connectivity index (χ4n) is 2.42. The third-order valence-electron chi connectivity index (χ3n) is 3.72. The average Bonchev–Trinajstić information content (AvgIpc) is 3.08. The summed E-state index contributed by atoms with van der Waals surface area (Å²) in [4.78, 5) is 16.7. The Bertz CT molecular complexity index is 846. The Kier molecular flexibility index (Phi) is 7.52. The van der Waals surface area contributed by atoms with Gasteiger partial charge in [-0.3, -0.25) is 4.79 Å². The molecule has 8 heteroatoms. The molecule has 27 heavy (non-hydrogen) atoms. The molecule has 6 nitrogen and oxygen atoms in total. The van der Waals surface area contributed by atoms with Crippen molar-refractivity contribution in [3.8, 4) is 0 Å². The Balaban J connectivity index is 2.19. The number of hydrogen-bond acceptors (Lipinski definition) is 5. The van der Waals surface area contributed by atoms with Crippen LogP contribution >= 0.6 is 11.3 Å². The molecule has 0 saturated carbocycles. The van der Waals surface area contributed by atoms with Gasteiger partial charge in [-0.25, -0.2) is 13.4 Å². The molecule has 0 aliphatic heterocycles. The van der Waals surface area contributed by atoms with E-state index in [2.05, 4.69) is 10.3 Å². The minimum atomic E-state index is -3.63. The Hall–Kier alpha value is -1.77. The molecule has 0 fully saturated rings. The average molecular weight is 410 g/mol. The normalized spacial score (nSPS) is 12.1. The summed E-state index contributed by atoms with van der Waals surface area (Å²) in [5, 5.41) is 5.10. The Labute approximate surface area is 165 Å². The predicted octanol–water partition coefficient (Wildman–Crippen LogP) is 3.38. The third-order valence-corrected chi connectivity index (χ3v) is 6.38. The Morgan fingerprint density at radius 1 is 1.15 bits per heavy atom. The van der Waals surface area contributed by atoms with Crippen molar-refractivity contribution in [3.63, 3.8) is 0 Å². The smallest absolute Gasteiger partial charge is 0.270 e. The number of nitrogens with one attached hydrogen (secondary N) is 1. The number of carbonyl (C=O) groups excluding carboxylic acids is 1. The van der Waals surface area contributed by atoms with Crippen LogP contribution in [-0.4, -0.2) is 36.7 Å². The highest BCUT2D eigenvalue weighted by Crippen LogP contribution is 2.21. The van der Waals surface area contributed by atoms with E-state index in [0.29, 0.717) is 29.7 Å². The van der Waals surface area contributed by atoms with Crippen LogP contribution in [0.3, 0.4) is 0 Å². The fourth-order valence-corrected chi connectivity index (χ4v) is 4.88. The number of thiazole rings is 1. The van der Waals surface area contributed by atoms with E-state index >= 15 is 0 Å². The van der Waals surface area contributed by atoms with E-state index in [-0.39, 0.29) is 23.3 Å². The van der Waals surface area contributed by atoms with Crippen LogP contribution in [0, 0.1) is 11.8 Å². The van der Waals surface area contributed by atoms with E-state index in [1.165, 1.54) is 15.6 Å². The minimum absolute atomic E-state index is 0.150. The lowest BCUT2D eigenvalue weighted by Crippen LogP contribution is -2.34. The van der Waals surface area contributed by atoms with E-state index in [0.717, 1.165) is 0 Å². The van der Waals surface area contributed by atoms with Crippen molar-refractivity contribution in [2.24, 2.45) is 11.8 Å². The number of benzene rings is 1. The number of sulfonamides is 1. The molecule has 1 N–H and O–H groups in total. The fraction of sp³-hybridized carbons (Fsp3) is 0.474. The van der Waals surface area contributed by atoms with Crippen LogP contribution in [0.1, 0.15) is 43.2 Å². The molecule has 148 valence electrons. The summed E-state index contributed by atoms with van der Waals surface area (Å²) in [6, 6.07) is 8.39. The monoisotopic (exact) mass is 409 g/mol. The molecule has 0 radical (unpaired) electrons. The molecule has 0 aliphatic carbocycles. The summed E-state index contributed by atoms with van der Waals surface area (Å²) in [6.07, 6.45) is 0. The maximum absolute atomic E-state index is 13.0. The molecule has 1 aromatic heterocycles. The number of amides is 1. The van der Waals surface area contributed by atoms with Crippen LogP contribution in [0.4, 0.5) is 0 Å². The van der Waals surface area contributed by atoms with Crippen LogP contribution in [0.15, 0.2) is 40.6 Å². The van der Waals surface area contributed by atoms with Gasteiger partial charge in [-0.05, 0) is 24.0 Å². The molecule has 0 saturated heterocycles. The van der Waals surface area contributed by atoms with Crippen molar-refractivity contribution in [1.29, 1.82) is 0 Å². The highest BCUT2D eigenvalue weighted by atomic mass is 32.2. The zero-order valence-electron chi connectivity index (χ0n) is 16.2. The maximum atomic E-state index is 13.0. The molecule has 0 unspecified atom stereocenters. The highest BCUT2D eigenvalue weighted by molar-refractivity contribution is 7.89. The van der Waals surface area contributed by atoms with Crippen molar-refractivity contribution >= 4 is 27.3 Å². The zero-order valence-corrected chi connectivity index (χ0v) is 17.8. The summed E-state index contributed by atoms with van der Waals surface area (Å²) in [5.74, 6) is 0.286. The second kappa shape index (κ2) is 9.43. The van der Waals surface area contributed by atoms with Gasteiger partial charge in [0.25, 0.3) is 5.91 Å². The first-order valence-electron chi connectivity index (χ1n) is 8.98. The third kappa shape index (κ3) is 6.12. The number of nitrogens with zero attached hydrogens (tertiary/aromatic N) is 2. The second-order valence-electron chi connectivity index (χ2n) is 7.23. The molecule has 2 rings (SSSR count). The first-order chi connectivity index (χ1) is 12.7. The van der Waals surface area contributed by atoms with Gasteiger partial charge < -0.3 is 5.32 Å². The maximum Gasteiger partial charge on any atom is 0.270 e. The van der Waals surface area contributed by atoms with Gasteiger partial charge in [0.1, 0.15) is 10.7 Å². The van der Waals surface area contributed by atoms with Crippen LogP contribution in [0.2, 0.25) is 0 Å². The molecule has 1 amide bonds. The van der Waals surface area contributed by atoms with Gasteiger partial charge in [0, 0.05) is 18.5 Å². The molecule has 0 aliphatic rings. The molecule has 0 bridgehead atoms. The first kappa shape index (κ1) is 21.5. The molecule has 1 heterocycles. The largest absolute Gasteiger partial charge is 0.350 e. The van der Waals surface area contributed by atoms with Gasteiger partial charge in [0.2, 0.25) is 10.0 Å². The standard InChI is InChI=1S/C19H27N3O3S2/c1-14(2)10-20-19(23)17-13-26-18(21-17)12-22(11-15(3)4)27(24,25)16-8-6-5-7-9-16/h5-9,13-15H,10-12H2,1-4H3,(H,20,23). The Morgan fingerprint density at radius 3 is 2.41 bits per heavy atom. The van der Waals surface area contributed by atoms with Crippen molar-refractivity contribution in [3.05, 3.63) is 46.4 Å². The molecule has 0 atom stereocenters. The van der Waals surface area contributed by atoms with Crippen LogP contribution in [-0.2, 0) is 16.6 Å². The van der Waals surface area contributed by atoms with Gasteiger partial charge in [-0.2, -0.15) is 4.31 Å². The van der Waals surface area contributed by atoms with Gasteiger partial charge >= 0.3 is 0 Å². The number of carbonyl (C=O) groups is 1. The lowest BCUT2D eigenvalue weighted by Gasteiger charge is -2.23. The number of hydrogen-bond donors (Lipinski definition) is 1. The summed E-state index contributed by atoms with van der Waals surface area (Å²) < 4.78 is 27.5. The van der Waals surface area contributed by atoms with E-state index in [1.54, 1.807) is 35.7 Å². The van der Waals surface area contributed by atoms with Gasteiger partial charge in [0.15, 0.2) is 0 Å². The summed E-state index contributed by atoms with van der Waals surface area (Å²) in [7, 11) is -3.63. The zero-order chi connectivity index (χ0) is 20.0.